The summed E-state index contributed by atoms with van der Waals surface area (Å²) in [6.07, 6.45) is -0.0831. The summed E-state index contributed by atoms with van der Waals surface area (Å²) in [5, 5.41) is 1.85. The molecule has 0 aliphatic rings. The van der Waals surface area contributed by atoms with E-state index in [0.29, 0.717) is 4.88 Å². The van der Waals surface area contributed by atoms with Gasteiger partial charge in [-0.25, -0.2) is 4.79 Å². The second-order valence-corrected chi connectivity index (χ2v) is 5.21. The van der Waals surface area contributed by atoms with Gasteiger partial charge in [-0.3, -0.25) is 0 Å². The zero-order valence-electron chi connectivity index (χ0n) is 7.14. The number of hydrogen-bond donors (Lipinski definition) is 0. The lowest BCUT2D eigenvalue weighted by atomic mass is 10.4. The normalized spacial score (nSPS) is 10.5. The lowest BCUT2D eigenvalue weighted by Crippen LogP contribution is -2.10. The molecule has 1 aromatic rings. The molecule has 0 unspecified atom stereocenters. The number of carbonyl (C=O) groups is 1. The van der Waals surface area contributed by atoms with Crippen LogP contribution in [0.25, 0.3) is 0 Å². The van der Waals surface area contributed by atoms with Gasteiger partial charge in [0.25, 0.3) is 0 Å². The summed E-state index contributed by atoms with van der Waals surface area (Å²) in [5.74, 6) is -0.280. The highest BCUT2D eigenvalue weighted by Gasteiger charge is 2.16. The van der Waals surface area contributed by atoms with Gasteiger partial charge in [0, 0.05) is 9.85 Å². The van der Waals surface area contributed by atoms with Crippen molar-refractivity contribution < 1.29 is 9.53 Å². The highest BCUT2D eigenvalue weighted by Crippen LogP contribution is 2.33. The Morgan fingerprint density at radius 2 is 2.15 bits per heavy atom. The Bertz CT molecular complexity index is 320. The van der Waals surface area contributed by atoms with Crippen LogP contribution in [0.4, 0.5) is 0 Å². The summed E-state index contributed by atoms with van der Waals surface area (Å²) in [7, 11) is 0. The standard InChI is InChI=1S/C8H8Br2O2S/c1-4(2)12-8(11)7-6(10)5(9)3-13-7/h3-4H,1-2H3. The zero-order valence-corrected chi connectivity index (χ0v) is 11.1. The minimum Gasteiger partial charge on any atom is -0.459 e. The lowest BCUT2D eigenvalue weighted by molar-refractivity contribution is 0.0383. The van der Waals surface area contributed by atoms with Crippen molar-refractivity contribution in [1.29, 1.82) is 0 Å². The number of rotatable bonds is 2. The lowest BCUT2D eigenvalue weighted by Gasteiger charge is -2.06. The maximum Gasteiger partial charge on any atom is 0.349 e. The zero-order chi connectivity index (χ0) is 10.0. The van der Waals surface area contributed by atoms with Crippen molar-refractivity contribution in [3.8, 4) is 0 Å². The highest BCUT2D eigenvalue weighted by atomic mass is 79.9. The van der Waals surface area contributed by atoms with E-state index in [1.807, 2.05) is 19.2 Å². The summed E-state index contributed by atoms with van der Waals surface area (Å²) < 4.78 is 6.70. The molecule has 72 valence electrons. The molecule has 0 radical (unpaired) electrons. The van der Waals surface area contributed by atoms with E-state index < -0.39 is 0 Å². The molecule has 0 amide bonds. The Labute approximate surface area is 97.5 Å². The monoisotopic (exact) mass is 326 g/mol. The molecular weight excluding hydrogens is 320 g/mol. The third-order valence-corrected chi connectivity index (χ3v) is 4.72. The van der Waals surface area contributed by atoms with Crippen LogP contribution in [0, 0.1) is 0 Å². The van der Waals surface area contributed by atoms with E-state index in [-0.39, 0.29) is 12.1 Å². The van der Waals surface area contributed by atoms with Gasteiger partial charge in [0.2, 0.25) is 0 Å². The molecule has 2 nitrogen and oxygen atoms in total. The van der Waals surface area contributed by atoms with Crippen molar-refractivity contribution in [2.75, 3.05) is 0 Å². The molecule has 5 heteroatoms. The van der Waals surface area contributed by atoms with Gasteiger partial charge in [-0.1, -0.05) is 0 Å². The molecule has 0 aliphatic heterocycles. The molecule has 1 rings (SSSR count). The van der Waals surface area contributed by atoms with E-state index in [9.17, 15) is 4.79 Å². The fourth-order valence-electron chi connectivity index (χ4n) is 0.728. The summed E-state index contributed by atoms with van der Waals surface area (Å²) in [6.45, 7) is 3.66. The van der Waals surface area contributed by atoms with Crippen molar-refractivity contribution in [2.45, 2.75) is 20.0 Å². The van der Waals surface area contributed by atoms with Crippen molar-refractivity contribution in [3.63, 3.8) is 0 Å². The first-order chi connectivity index (χ1) is 6.02. The van der Waals surface area contributed by atoms with E-state index in [2.05, 4.69) is 31.9 Å². The Balaban J connectivity index is 2.83. The second-order valence-electron chi connectivity index (χ2n) is 2.68. The van der Waals surface area contributed by atoms with E-state index in [0.717, 1.165) is 8.95 Å². The van der Waals surface area contributed by atoms with E-state index >= 15 is 0 Å². The van der Waals surface area contributed by atoms with E-state index in [4.69, 9.17) is 4.74 Å². The van der Waals surface area contributed by atoms with Crippen LogP contribution >= 0.6 is 43.2 Å². The van der Waals surface area contributed by atoms with E-state index in [1.165, 1.54) is 11.3 Å². The molecule has 13 heavy (non-hydrogen) atoms. The van der Waals surface area contributed by atoms with Gasteiger partial charge >= 0.3 is 5.97 Å². The summed E-state index contributed by atoms with van der Waals surface area (Å²) in [4.78, 5) is 12.0. The van der Waals surface area contributed by atoms with Crippen LogP contribution in [0.2, 0.25) is 0 Å². The SMILES string of the molecule is CC(C)OC(=O)c1scc(Br)c1Br. The van der Waals surface area contributed by atoms with E-state index in [1.54, 1.807) is 0 Å². The summed E-state index contributed by atoms with van der Waals surface area (Å²) >= 11 is 7.97. The van der Waals surface area contributed by atoms with Gasteiger partial charge < -0.3 is 4.74 Å². The Morgan fingerprint density at radius 3 is 2.54 bits per heavy atom. The Morgan fingerprint density at radius 1 is 1.54 bits per heavy atom. The summed E-state index contributed by atoms with van der Waals surface area (Å²) in [5.41, 5.74) is 0. The number of esters is 1. The first-order valence-electron chi connectivity index (χ1n) is 3.66. The van der Waals surface area contributed by atoms with Crippen LogP contribution in [0.1, 0.15) is 23.5 Å². The van der Waals surface area contributed by atoms with Crippen molar-refractivity contribution in [3.05, 3.63) is 19.2 Å². The number of hydrogen-bond acceptors (Lipinski definition) is 3. The molecule has 0 spiro atoms. The molecule has 0 fully saturated rings. The maximum absolute atomic E-state index is 11.4. The molecule has 0 atom stereocenters. The third-order valence-electron chi connectivity index (χ3n) is 1.22. The Kier molecular flexibility index (Phi) is 3.94. The van der Waals surface area contributed by atoms with Crippen LogP contribution in [-0.4, -0.2) is 12.1 Å². The van der Waals surface area contributed by atoms with Crippen LogP contribution in [-0.2, 0) is 4.74 Å². The van der Waals surface area contributed by atoms with Crippen LogP contribution < -0.4 is 0 Å². The average molecular weight is 328 g/mol. The van der Waals surface area contributed by atoms with Gasteiger partial charge in [-0.2, -0.15) is 0 Å². The second kappa shape index (κ2) is 4.57. The minimum atomic E-state index is -0.280. The maximum atomic E-state index is 11.4. The van der Waals surface area contributed by atoms with Gasteiger partial charge in [0.05, 0.1) is 10.6 Å². The largest absolute Gasteiger partial charge is 0.459 e. The van der Waals surface area contributed by atoms with Crippen molar-refractivity contribution >= 4 is 49.2 Å². The molecule has 1 heterocycles. The number of halogens is 2. The topological polar surface area (TPSA) is 26.3 Å². The predicted octanol–water partition coefficient (Wildman–Crippen LogP) is 3.84. The van der Waals surface area contributed by atoms with Crippen molar-refractivity contribution in [1.82, 2.24) is 0 Å². The molecular formula is C8H8Br2O2S. The molecule has 0 aromatic carbocycles. The molecule has 1 aromatic heterocycles. The fourth-order valence-corrected chi connectivity index (χ4v) is 2.74. The first kappa shape index (κ1) is 11.2. The predicted molar refractivity (Wildman–Crippen MR) is 60.3 cm³/mol. The quantitative estimate of drug-likeness (QED) is 0.771. The van der Waals surface area contributed by atoms with Gasteiger partial charge in [0.15, 0.2) is 0 Å². The van der Waals surface area contributed by atoms with Gasteiger partial charge in [0.1, 0.15) is 4.88 Å². The molecule has 0 N–H and O–H groups in total. The first-order valence-corrected chi connectivity index (χ1v) is 6.12. The average Bonchev–Trinajstić information content (AvgIpc) is 2.31. The van der Waals surface area contributed by atoms with Crippen LogP contribution in [0.3, 0.4) is 0 Å². The fraction of sp³-hybridized carbons (Fsp3) is 0.375. The molecule has 0 saturated heterocycles. The summed E-state index contributed by atoms with van der Waals surface area (Å²) in [6, 6.07) is 0. The van der Waals surface area contributed by atoms with Crippen LogP contribution in [0.5, 0.6) is 0 Å². The van der Waals surface area contributed by atoms with Gasteiger partial charge in [-0.15, -0.1) is 11.3 Å². The van der Waals surface area contributed by atoms with Crippen molar-refractivity contribution in [2.24, 2.45) is 0 Å². The molecule has 0 aliphatic carbocycles. The smallest absolute Gasteiger partial charge is 0.349 e. The number of carbonyl (C=O) groups excluding carboxylic acids is 1. The number of ether oxygens (including phenoxy) is 1. The number of thiophene rings is 1. The minimum absolute atomic E-state index is 0.0831. The molecule has 0 saturated carbocycles. The van der Waals surface area contributed by atoms with Gasteiger partial charge in [-0.05, 0) is 45.7 Å². The Hall–Kier alpha value is 0.130. The third kappa shape index (κ3) is 2.79. The highest BCUT2D eigenvalue weighted by molar-refractivity contribution is 9.13. The van der Waals surface area contributed by atoms with Crippen LogP contribution in [0.15, 0.2) is 14.3 Å². The molecule has 0 bridgehead atoms.